The quantitative estimate of drug-likeness (QED) is 0.263. The molecule has 3 rings (SSSR count). The normalized spacial score (nSPS) is 12.5. The number of carbonyl (C=O) groups is 2. The Bertz CT molecular complexity index is 1380. The summed E-state index contributed by atoms with van der Waals surface area (Å²) in [6.45, 7) is 3.41. The molecule has 9 nitrogen and oxygen atoms in total. The van der Waals surface area contributed by atoms with Gasteiger partial charge in [-0.25, -0.2) is 13.5 Å². The Balaban J connectivity index is 0.00000616. The summed E-state index contributed by atoms with van der Waals surface area (Å²) in [6.07, 6.45) is -2.92. The number of amides is 1. The predicted octanol–water partition coefficient (Wildman–Crippen LogP) is -0.118. The Hall–Kier alpha value is -2.90. The minimum absolute atomic E-state index is 0. The third kappa shape index (κ3) is 8.57. The molecule has 13 heteroatoms. The zero-order valence-corrected chi connectivity index (χ0v) is 26.2. The number of aromatic nitrogens is 2. The van der Waals surface area contributed by atoms with Crippen molar-refractivity contribution in [2.45, 2.75) is 64.2 Å². The van der Waals surface area contributed by atoms with Crippen LogP contribution in [0.25, 0.3) is 5.69 Å². The van der Waals surface area contributed by atoms with Gasteiger partial charge in [0.2, 0.25) is 5.82 Å². The zero-order valence-electron chi connectivity index (χ0n) is 24.2. The van der Waals surface area contributed by atoms with Crippen molar-refractivity contribution < 1.29 is 72.4 Å². The average Bonchev–Trinajstić information content (AvgIpc) is 3.29. The minimum Gasteiger partial charge on any atom is -0.550 e. The monoisotopic (exact) mass is 599 g/mol. The number of rotatable bonds is 13. The first-order chi connectivity index (χ1) is 19.3. The standard InChI is InChI=1S/C29H34F3N3O6.Na/c1-16(2)25-22(11-10-20(36)13-21(37)14-24(38)39)35(19-8-6-18(30)7-9-19)33-28(25)29(40)34(3)15-17-5-12-23(41-4)27(32)26(17)31;/h5-9,12,16,20-21,36-37H,10-11,13-15H2,1-4H3,(H,38,39);/q;+1/p-1/t20-,21-;/m1./s1. The largest absolute Gasteiger partial charge is 1.00 e. The van der Waals surface area contributed by atoms with Crippen molar-refractivity contribution in [3.8, 4) is 11.4 Å². The van der Waals surface area contributed by atoms with E-state index in [1.54, 1.807) is 0 Å². The maximum absolute atomic E-state index is 14.6. The molecule has 3 aromatic rings. The molecule has 1 aromatic heterocycles. The van der Waals surface area contributed by atoms with E-state index in [9.17, 15) is 38.1 Å². The molecule has 0 fully saturated rings. The summed E-state index contributed by atoms with van der Waals surface area (Å²) in [5, 5.41) is 35.6. The summed E-state index contributed by atoms with van der Waals surface area (Å²) >= 11 is 0. The number of carbonyl (C=O) groups excluding carboxylic acids is 2. The molecular weight excluding hydrogens is 566 g/mol. The third-order valence-electron chi connectivity index (χ3n) is 6.63. The molecule has 0 bridgehead atoms. The van der Waals surface area contributed by atoms with E-state index in [1.807, 2.05) is 13.8 Å². The van der Waals surface area contributed by atoms with Crippen LogP contribution in [0.3, 0.4) is 0 Å². The Labute approximate surface area is 264 Å². The van der Waals surface area contributed by atoms with Gasteiger partial charge in [0, 0.05) is 42.8 Å². The Morgan fingerprint density at radius 2 is 1.69 bits per heavy atom. The molecule has 0 radical (unpaired) electrons. The number of halogens is 3. The molecule has 0 aliphatic heterocycles. The predicted molar refractivity (Wildman–Crippen MR) is 141 cm³/mol. The number of hydrogen-bond acceptors (Lipinski definition) is 7. The molecule has 1 amide bonds. The smallest absolute Gasteiger partial charge is 0.550 e. The number of aliphatic carboxylic acids is 1. The van der Waals surface area contributed by atoms with E-state index in [2.05, 4.69) is 5.10 Å². The van der Waals surface area contributed by atoms with Crippen LogP contribution < -0.4 is 39.4 Å². The molecule has 1 heterocycles. The number of nitrogens with zero attached hydrogens (tertiary/aromatic N) is 3. The van der Waals surface area contributed by atoms with E-state index in [-0.39, 0.29) is 78.3 Å². The third-order valence-corrected chi connectivity index (χ3v) is 6.63. The molecule has 0 aliphatic carbocycles. The first-order valence-corrected chi connectivity index (χ1v) is 13.0. The molecular formula is C29H33F3N3NaO6. The van der Waals surface area contributed by atoms with E-state index in [1.165, 1.54) is 60.1 Å². The molecule has 0 spiro atoms. The van der Waals surface area contributed by atoms with Crippen LogP contribution in [0.15, 0.2) is 36.4 Å². The van der Waals surface area contributed by atoms with Gasteiger partial charge in [-0.05, 0) is 55.5 Å². The van der Waals surface area contributed by atoms with Crippen molar-refractivity contribution in [3.63, 3.8) is 0 Å². The first-order valence-electron chi connectivity index (χ1n) is 13.0. The molecule has 0 unspecified atom stereocenters. The second-order valence-electron chi connectivity index (χ2n) is 10.1. The van der Waals surface area contributed by atoms with E-state index in [0.29, 0.717) is 16.9 Å². The molecule has 2 atom stereocenters. The van der Waals surface area contributed by atoms with E-state index >= 15 is 0 Å². The topological polar surface area (TPSA) is 128 Å². The van der Waals surface area contributed by atoms with Crippen LogP contribution in [0.1, 0.15) is 66.3 Å². The number of carboxylic acids is 1. The van der Waals surface area contributed by atoms with Crippen molar-refractivity contribution >= 4 is 11.9 Å². The summed E-state index contributed by atoms with van der Waals surface area (Å²) in [5.74, 6) is -5.31. The van der Waals surface area contributed by atoms with E-state index in [4.69, 9.17) is 4.74 Å². The number of benzene rings is 2. The SMILES string of the molecule is COc1ccc(CN(C)C(=O)c2nn(-c3ccc(F)cc3)c(CC[C@@H](O)C[C@@H](O)CC(=O)[O-])c2C(C)C)c(F)c1F.[Na+]. The van der Waals surface area contributed by atoms with Gasteiger partial charge in [-0.1, -0.05) is 19.9 Å². The maximum Gasteiger partial charge on any atom is 1.00 e. The molecule has 0 saturated heterocycles. The van der Waals surface area contributed by atoms with Crippen LogP contribution in [0.4, 0.5) is 13.2 Å². The van der Waals surface area contributed by atoms with E-state index in [0.717, 1.165) is 0 Å². The second kappa shape index (κ2) is 15.5. The van der Waals surface area contributed by atoms with Crippen LogP contribution in [0, 0.1) is 17.5 Å². The Morgan fingerprint density at radius 1 is 1.05 bits per heavy atom. The van der Waals surface area contributed by atoms with Crippen molar-refractivity contribution in [3.05, 3.63) is 76.4 Å². The van der Waals surface area contributed by atoms with Crippen molar-refractivity contribution in [1.82, 2.24) is 14.7 Å². The molecule has 2 aromatic carbocycles. The van der Waals surface area contributed by atoms with Crippen LogP contribution in [-0.2, 0) is 17.8 Å². The summed E-state index contributed by atoms with van der Waals surface area (Å²) in [7, 11) is 2.64. The van der Waals surface area contributed by atoms with E-state index < -0.39 is 48.0 Å². The zero-order chi connectivity index (χ0) is 30.4. The van der Waals surface area contributed by atoms with Crippen LogP contribution in [0.5, 0.6) is 5.75 Å². The van der Waals surface area contributed by atoms with Gasteiger partial charge in [-0.2, -0.15) is 9.49 Å². The van der Waals surface area contributed by atoms with Gasteiger partial charge >= 0.3 is 29.6 Å². The summed E-state index contributed by atoms with van der Waals surface area (Å²) in [4.78, 5) is 25.6. The summed E-state index contributed by atoms with van der Waals surface area (Å²) in [5.41, 5.74) is 1.50. The number of aliphatic hydroxyl groups is 2. The van der Waals surface area contributed by atoms with Gasteiger partial charge in [0.25, 0.3) is 5.91 Å². The number of hydrogen-bond donors (Lipinski definition) is 2. The van der Waals surface area contributed by atoms with Crippen molar-refractivity contribution in [1.29, 1.82) is 0 Å². The Kier molecular flexibility index (Phi) is 13.1. The Morgan fingerprint density at radius 3 is 2.26 bits per heavy atom. The van der Waals surface area contributed by atoms with Gasteiger partial charge in [-0.3, -0.25) is 4.79 Å². The maximum atomic E-state index is 14.6. The second-order valence-corrected chi connectivity index (χ2v) is 10.1. The number of ether oxygens (including phenoxy) is 1. The van der Waals surface area contributed by atoms with Gasteiger partial charge in [0.05, 0.1) is 25.0 Å². The molecule has 0 saturated carbocycles. The fraction of sp³-hybridized carbons (Fsp3) is 0.414. The minimum atomic E-state index is -1.44. The summed E-state index contributed by atoms with van der Waals surface area (Å²) < 4.78 is 48.8. The van der Waals surface area contributed by atoms with Crippen LogP contribution in [-0.4, -0.2) is 63.1 Å². The fourth-order valence-electron chi connectivity index (χ4n) is 4.64. The first kappa shape index (κ1) is 35.3. The number of aliphatic hydroxyl groups excluding tert-OH is 2. The summed E-state index contributed by atoms with van der Waals surface area (Å²) in [6, 6.07) is 8.00. The average molecular weight is 600 g/mol. The molecule has 222 valence electrons. The van der Waals surface area contributed by atoms with Crippen molar-refractivity contribution in [2.75, 3.05) is 14.2 Å². The fourth-order valence-corrected chi connectivity index (χ4v) is 4.64. The van der Waals surface area contributed by atoms with Crippen molar-refractivity contribution in [2.24, 2.45) is 0 Å². The van der Waals surface area contributed by atoms with Gasteiger partial charge < -0.3 is 29.8 Å². The number of methoxy groups -OCH3 is 1. The van der Waals surface area contributed by atoms with Gasteiger partial charge in [0.1, 0.15) is 5.82 Å². The number of carboxylic acid groups (broad SMARTS) is 1. The molecule has 2 N–H and O–H groups in total. The van der Waals surface area contributed by atoms with Gasteiger partial charge in [-0.15, -0.1) is 0 Å². The molecule has 42 heavy (non-hydrogen) atoms. The van der Waals surface area contributed by atoms with Crippen LogP contribution >= 0.6 is 0 Å². The molecule has 0 aliphatic rings. The van der Waals surface area contributed by atoms with Crippen LogP contribution in [0.2, 0.25) is 0 Å². The van der Waals surface area contributed by atoms with Gasteiger partial charge in [0.15, 0.2) is 17.3 Å².